The lowest BCUT2D eigenvalue weighted by Gasteiger charge is -2.31. The molecule has 1 N–H and O–H groups in total. The molecule has 0 aliphatic heterocycles. The number of ether oxygens (including phenoxy) is 1. The van der Waals surface area contributed by atoms with Crippen molar-refractivity contribution in [1.82, 2.24) is 0 Å². The van der Waals surface area contributed by atoms with Crippen LogP contribution in [-0.2, 0) is 0 Å². The number of methoxy groups -OCH3 is 1. The molecular formula is C15H20O3. The summed E-state index contributed by atoms with van der Waals surface area (Å²) in [5, 5.41) is 10.5. The molecule has 1 fully saturated rings. The quantitative estimate of drug-likeness (QED) is 0.837. The Labute approximate surface area is 108 Å². The van der Waals surface area contributed by atoms with Crippen molar-refractivity contribution < 1.29 is 14.6 Å². The number of carbonyl (C=O) groups excluding carboxylic acids is 1. The van der Waals surface area contributed by atoms with Crippen LogP contribution in [0.4, 0.5) is 0 Å². The summed E-state index contributed by atoms with van der Waals surface area (Å²) in [7, 11) is 1.55. The topological polar surface area (TPSA) is 46.5 Å². The van der Waals surface area contributed by atoms with Gasteiger partial charge in [0.15, 0.2) is 5.78 Å². The third-order valence-corrected chi connectivity index (χ3v) is 3.70. The Kier molecular flexibility index (Phi) is 3.71. The fourth-order valence-electron chi connectivity index (χ4n) is 2.61. The third kappa shape index (κ3) is 2.41. The minimum absolute atomic E-state index is 0.192. The Morgan fingerprint density at radius 1 is 1.28 bits per heavy atom. The van der Waals surface area contributed by atoms with Crippen LogP contribution in [0.5, 0.6) is 5.75 Å². The van der Waals surface area contributed by atoms with E-state index in [-0.39, 0.29) is 5.78 Å². The molecule has 1 aliphatic rings. The van der Waals surface area contributed by atoms with Crippen molar-refractivity contribution in [2.45, 2.75) is 44.6 Å². The van der Waals surface area contributed by atoms with E-state index < -0.39 is 5.60 Å². The average molecular weight is 248 g/mol. The number of Topliss-reactive ketones (excluding diaryl/α,β-unsaturated/α-hetero) is 1. The SMILES string of the molecule is COc1ccc(C)cc1C(=O)C1(O)CCCCC1. The number of aliphatic hydroxyl groups is 1. The highest BCUT2D eigenvalue weighted by Gasteiger charge is 2.38. The Morgan fingerprint density at radius 3 is 2.56 bits per heavy atom. The van der Waals surface area contributed by atoms with Crippen LogP contribution in [-0.4, -0.2) is 23.6 Å². The van der Waals surface area contributed by atoms with Gasteiger partial charge in [-0.05, 0) is 31.9 Å². The second-order valence-corrected chi connectivity index (χ2v) is 5.13. The van der Waals surface area contributed by atoms with E-state index in [0.29, 0.717) is 24.2 Å². The molecule has 0 atom stereocenters. The summed E-state index contributed by atoms with van der Waals surface area (Å²) >= 11 is 0. The smallest absolute Gasteiger partial charge is 0.198 e. The molecule has 0 radical (unpaired) electrons. The van der Waals surface area contributed by atoms with Crippen LogP contribution in [0.3, 0.4) is 0 Å². The Hall–Kier alpha value is -1.35. The molecule has 0 saturated heterocycles. The van der Waals surface area contributed by atoms with Gasteiger partial charge >= 0.3 is 0 Å². The molecule has 18 heavy (non-hydrogen) atoms. The van der Waals surface area contributed by atoms with E-state index in [1.807, 2.05) is 13.0 Å². The van der Waals surface area contributed by atoms with Crippen molar-refractivity contribution in [2.75, 3.05) is 7.11 Å². The van der Waals surface area contributed by atoms with E-state index in [2.05, 4.69) is 0 Å². The third-order valence-electron chi connectivity index (χ3n) is 3.70. The van der Waals surface area contributed by atoms with E-state index in [1.54, 1.807) is 19.2 Å². The largest absolute Gasteiger partial charge is 0.496 e. The first-order chi connectivity index (χ1) is 8.57. The number of ketones is 1. The fourth-order valence-corrected chi connectivity index (χ4v) is 2.61. The molecule has 2 rings (SSSR count). The Bertz CT molecular complexity index is 445. The first kappa shape index (κ1) is 13.1. The second-order valence-electron chi connectivity index (χ2n) is 5.13. The fraction of sp³-hybridized carbons (Fsp3) is 0.533. The molecule has 1 saturated carbocycles. The summed E-state index contributed by atoms with van der Waals surface area (Å²) in [5.41, 5.74) is 0.305. The minimum Gasteiger partial charge on any atom is -0.496 e. The van der Waals surface area contributed by atoms with Gasteiger partial charge in [0, 0.05) is 0 Å². The van der Waals surface area contributed by atoms with Crippen molar-refractivity contribution in [1.29, 1.82) is 0 Å². The summed E-state index contributed by atoms with van der Waals surface area (Å²) in [6, 6.07) is 5.49. The van der Waals surface area contributed by atoms with Crippen molar-refractivity contribution in [3.8, 4) is 5.75 Å². The normalized spacial score (nSPS) is 18.4. The highest BCUT2D eigenvalue weighted by atomic mass is 16.5. The van der Waals surface area contributed by atoms with Gasteiger partial charge in [-0.25, -0.2) is 0 Å². The first-order valence-corrected chi connectivity index (χ1v) is 6.49. The summed E-state index contributed by atoms with van der Waals surface area (Å²) in [4.78, 5) is 12.5. The summed E-state index contributed by atoms with van der Waals surface area (Å²) in [6.07, 6.45) is 4.04. The van der Waals surface area contributed by atoms with Gasteiger partial charge < -0.3 is 9.84 Å². The number of rotatable bonds is 3. The predicted octanol–water partition coefficient (Wildman–Crippen LogP) is 2.88. The Balaban J connectivity index is 2.35. The maximum atomic E-state index is 12.5. The van der Waals surface area contributed by atoms with Gasteiger partial charge in [-0.15, -0.1) is 0 Å². The summed E-state index contributed by atoms with van der Waals surface area (Å²) < 4.78 is 5.23. The number of hydrogen-bond donors (Lipinski definition) is 1. The lowest BCUT2D eigenvalue weighted by Crippen LogP contribution is -2.40. The van der Waals surface area contributed by atoms with E-state index in [0.717, 1.165) is 24.8 Å². The number of aryl methyl sites for hydroxylation is 1. The highest BCUT2D eigenvalue weighted by Crippen LogP contribution is 2.33. The van der Waals surface area contributed by atoms with Crippen LogP contribution in [0.25, 0.3) is 0 Å². The molecule has 0 bridgehead atoms. The number of carbonyl (C=O) groups is 1. The zero-order chi connectivity index (χ0) is 13.2. The van der Waals surface area contributed by atoms with Gasteiger partial charge in [-0.1, -0.05) is 30.9 Å². The Morgan fingerprint density at radius 2 is 1.94 bits per heavy atom. The zero-order valence-electron chi connectivity index (χ0n) is 11.0. The summed E-state index contributed by atoms with van der Waals surface area (Å²) in [5.74, 6) is 0.354. The van der Waals surface area contributed by atoms with E-state index in [9.17, 15) is 9.90 Å². The van der Waals surface area contributed by atoms with Crippen LogP contribution in [0, 0.1) is 6.92 Å². The number of hydrogen-bond acceptors (Lipinski definition) is 3. The van der Waals surface area contributed by atoms with Crippen molar-refractivity contribution in [2.24, 2.45) is 0 Å². The zero-order valence-corrected chi connectivity index (χ0v) is 11.0. The molecular weight excluding hydrogens is 228 g/mol. The van der Waals surface area contributed by atoms with Crippen molar-refractivity contribution in [3.63, 3.8) is 0 Å². The molecule has 0 amide bonds. The lowest BCUT2D eigenvalue weighted by atomic mass is 9.79. The standard InChI is InChI=1S/C15H20O3/c1-11-6-7-13(18-2)12(10-11)14(16)15(17)8-4-3-5-9-15/h6-7,10,17H,3-5,8-9H2,1-2H3. The lowest BCUT2D eigenvalue weighted by molar-refractivity contribution is 0.0114. The van der Waals surface area contributed by atoms with Crippen molar-refractivity contribution >= 4 is 5.78 Å². The molecule has 1 aromatic rings. The molecule has 3 nitrogen and oxygen atoms in total. The van der Waals surface area contributed by atoms with Crippen LogP contribution in [0.15, 0.2) is 18.2 Å². The number of benzene rings is 1. The van der Waals surface area contributed by atoms with E-state index >= 15 is 0 Å². The van der Waals surface area contributed by atoms with Crippen LogP contribution in [0.2, 0.25) is 0 Å². The van der Waals surface area contributed by atoms with Gasteiger partial charge in [0.1, 0.15) is 11.4 Å². The molecule has 3 heteroatoms. The maximum absolute atomic E-state index is 12.5. The first-order valence-electron chi connectivity index (χ1n) is 6.49. The highest BCUT2D eigenvalue weighted by molar-refractivity contribution is 6.04. The van der Waals surface area contributed by atoms with Crippen LogP contribution >= 0.6 is 0 Å². The van der Waals surface area contributed by atoms with Gasteiger partial charge in [0.25, 0.3) is 0 Å². The molecule has 0 aromatic heterocycles. The van der Waals surface area contributed by atoms with E-state index in [1.165, 1.54) is 0 Å². The molecule has 1 aromatic carbocycles. The van der Waals surface area contributed by atoms with E-state index in [4.69, 9.17) is 4.74 Å². The van der Waals surface area contributed by atoms with Gasteiger partial charge in [0.05, 0.1) is 12.7 Å². The molecule has 0 spiro atoms. The van der Waals surface area contributed by atoms with Gasteiger partial charge in [-0.3, -0.25) is 4.79 Å². The maximum Gasteiger partial charge on any atom is 0.198 e. The van der Waals surface area contributed by atoms with Crippen LogP contribution < -0.4 is 4.74 Å². The average Bonchev–Trinajstić information content (AvgIpc) is 2.38. The summed E-state index contributed by atoms with van der Waals surface area (Å²) in [6.45, 7) is 1.93. The molecule has 0 unspecified atom stereocenters. The second kappa shape index (κ2) is 5.11. The van der Waals surface area contributed by atoms with Crippen molar-refractivity contribution in [3.05, 3.63) is 29.3 Å². The predicted molar refractivity (Wildman–Crippen MR) is 70.1 cm³/mol. The van der Waals surface area contributed by atoms with Crippen LogP contribution in [0.1, 0.15) is 48.0 Å². The van der Waals surface area contributed by atoms with Gasteiger partial charge in [-0.2, -0.15) is 0 Å². The van der Waals surface area contributed by atoms with Gasteiger partial charge in [0.2, 0.25) is 0 Å². The minimum atomic E-state index is -1.20. The molecule has 98 valence electrons. The molecule has 0 heterocycles. The molecule has 1 aliphatic carbocycles. The monoisotopic (exact) mass is 248 g/mol.